The zero-order chi connectivity index (χ0) is 22.7. The van der Waals surface area contributed by atoms with Crippen LogP contribution in [0.4, 0.5) is 5.69 Å². The van der Waals surface area contributed by atoms with Crippen LogP contribution in [0.2, 0.25) is 10.0 Å². The summed E-state index contributed by atoms with van der Waals surface area (Å²) in [4.78, 5) is 17.5. The molecule has 0 aliphatic rings. The van der Waals surface area contributed by atoms with Crippen molar-refractivity contribution in [3.8, 4) is 34.3 Å². The molecule has 6 nitrogen and oxygen atoms in total. The van der Waals surface area contributed by atoms with E-state index < -0.39 is 0 Å². The molecule has 162 valence electrons. The lowest BCUT2D eigenvalue weighted by Crippen LogP contribution is -2.14. The van der Waals surface area contributed by atoms with Crippen molar-refractivity contribution >= 4 is 34.8 Å². The summed E-state index contributed by atoms with van der Waals surface area (Å²) in [6.45, 7) is 0. The van der Waals surface area contributed by atoms with Crippen LogP contribution in [-0.2, 0) is 0 Å². The van der Waals surface area contributed by atoms with Crippen LogP contribution in [0.25, 0.3) is 22.8 Å². The Morgan fingerprint density at radius 3 is 2.41 bits per heavy atom. The Morgan fingerprint density at radius 2 is 1.69 bits per heavy atom. The highest BCUT2D eigenvalue weighted by atomic mass is 35.5. The van der Waals surface area contributed by atoms with Gasteiger partial charge in [-0.15, -0.1) is 0 Å². The molecule has 0 radical (unpaired) electrons. The molecule has 0 fully saturated rings. The standard InChI is InChI=1S/C24H18Cl2N2O4/c1-30-20-12-19(21(31-2)11-18(20)26)28-23(29)16-5-3-4-6-17(16)24-27-13-22(32-24)14-7-9-15(25)10-8-14/h3-13H,1-2H3,(H,28,29). The molecular weight excluding hydrogens is 451 g/mol. The number of carbonyl (C=O) groups is 1. The van der Waals surface area contributed by atoms with Crippen LogP contribution in [0.15, 0.2) is 71.3 Å². The monoisotopic (exact) mass is 468 g/mol. The van der Waals surface area contributed by atoms with Crippen LogP contribution in [0.1, 0.15) is 10.4 Å². The molecule has 32 heavy (non-hydrogen) atoms. The molecular formula is C24H18Cl2N2O4. The highest BCUT2D eigenvalue weighted by Crippen LogP contribution is 2.36. The SMILES string of the molecule is COc1cc(NC(=O)c2ccccc2-c2ncc(-c3ccc(Cl)cc3)o2)c(OC)cc1Cl. The Hall–Kier alpha value is -3.48. The summed E-state index contributed by atoms with van der Waals surface area (Å²) < 4.78 is 16.5. The van der Waals surface area contributed by atoms with Crippen molar-refractivity contribution < 1.29 is 18.7 Å². The van der Waals surface area contributed by atoms with Crippen molar-refractivity contribution in [2.24, 2.45) is 0 Å². The third kappa shape index (κ3) is 4.42. The normalized spacial score (nSPS) is 10.6. The van der Waals surface area contributed by atoms with Gasteiger partial charge in [-0.2, -0.15) is 0 Å². The number of hydrogen-bond acceptors (Lipinski definition) is 5. The van der Waals surface area contributed by atoms with Gasteiger partial charge in [0, 0.05) is 28.3 Å². The summed E-state index contributed by atoms with van der Waals surface area (Å²) in [5.74, 6) is 1.34. The topological polar surface area (TPSA) is 73.6 Å². The molecule has 0 atom stereocenters. The molecule has 0 aliphatic heterocycles. The summed E-state index contributed by atoms with van der Waals surface area (Å²) in [6, 6.07) is 17.4. The molecule has 1 heterocycles. The predicted molar refractivity (Wildman–Crippen MR) is 125 cm³/mol. The number of oxazole rings is 1. The molecule has 3 aromatic carbocycles. The highest BCUT2D eigenvalue weighted by molar-refractivity contribution is 6.32. The van der Waals surface area contributed by atoms with Crippen LogP contribution in [0, 0.1) is 0 Å². The van der Waals surface area contributed by atoms with Gasteiger partial charge < -0.3 is 19.2 Å². The van der Waals surface area contributed by atoms with E-state index >= 15 is 0 Å². The van der Waals surface area contributed by atoms with Crippen LogP contribution in [0.3, 0.4) is 0 Å². The lowest BCUT2D eigenvalue weighted by molar-refractivity contribution is 0.102. The van der Waals surface area contributed by atoms with Gasteiger partial charge in [0.2, 0.25) is 5.89 Å². The number of halogens is 2. The Labute approximate surface area is 194 Å². The summed E-state index contributed by atoms with van der Waals surface area (Å²) in [7, 11) is 2.99. The molecule has 4 aromatic rings. The lowest BCUT2D eigenvalue weighted by atomic mass is 10.1. The highest BCUT2D eigenvalue weighted by Gasteiger charge is 2.19. The van der Waals surface area contributed by atoms with Crippen LogP contribution in [-0.4, -0.2) is 25.1 Å². The maximum absolute atomic E-state index is 13.2. The van der Waals surface area contributed by atoms with E-state index in [1.807, 2.05) is 18.2 Å². The molecule has 0 saturated carbocycles. The first kappa shape index (κ1) is 21.7. The Morgan fingerprint density at radius 1 is 0.969 bits per heavy atom. The van der Waals surface area contributed by atoms with E-state index in [0.29, 0.717) is 50.0 Å². The number of amides is 1. The molecule has 1 amide bonds. The first-order chi connectivity index (χ1) is 15.5. The van der Waals surface area contributed by atoms with Crippen molar-refractivity contribution in [1.29, 1.82) is 0 Å². The minimum Gasteiger partial charge on any atom is -0.495 e. The molecule has 1 aromatic heterocycles. The smallest absolute Gasteiger partial charge is 0.256 e. The van der Waals surface area contributed by atoms with Crippen LogP contribution in [0.5, 0.6) is 11.5 Å². The second kappa shape index (κ2) is 9.34. The fraction of sp³-hybridized carbons (Fsp3) is 0.0833. The van der Waals surface area contributed by atoms with E-state index in [4.69, 9.17) is 37.1 Å². The Bertz CT molecular complexity index is 1270. The van der Waals surface area contributed by atoms with E-state index in [1.54, 1.807) is 48.7 Å². The minimum absolute atomic E-state index is 0.321. The van der Waals surface area contributed by atoms with Gasteiger partial charge in [-0.05, 0) is 36.4 Å². The summed E-state index contributed by atoms with van der Waals surface area (Å²) in [6.07, 6.45) is 1.61. The minimum atomic E-state index is -0.366. The van der Waals surface area contributed by atoms with Crippen molar-refractivity contribution in [2.75, 3.05) is 19.5 Å². The molecule has 1 N–H and O–H groups in total. The third-order valence-electron chi connectivity index (χ3n) is 4.76. The number of anilines is 1. The van der Waals surface area contributed by atoms with Gasteiger partial charge in [0.1, 0.15) is 11.5 Å². The van der Waals surface area contributed by atoms with Gasteiger partial charge in [0.25, 0.3) is 5.91 Å². The molecule has 0 aliphatic carbocycles. The van der Waals surface area contributed by atoms with E-state index in [1.165, 1.54) is 14.2 Å². The number of carbonyl (C=O) groups excluding carboxylic acids is 1. The number of benzene rings is 3. The number of methoxy groups -OCH3 is 2. The maximum atomic E-state index is 13.2. The molecule has 0 saturated heterocycles. The van der Waals surface area contributed by atoms with Gasteiger partial charge in [-0.3, -0.25) is 4.79 Å². The van der Waals surface area contributed by atoms with E-state index in [0.717, 1.165) is 5.56 Å². The van der Waals surface area contributed by atoms with Gasteiger partial charge in [-0.1, -0.05) is 35.3 Å². The first-order valence-electron chi connectivity index (χ1n) is 9.54. The number of ether oxygens (including phenoxy) is 2. The average molecular weight is 469 g/mol. The van der Waals surface area contributed by atoms with Crippen LogP contribution < -0.4 is 14.8 Å². The number of aromatic nitrogens is 1. The molecule has 0 bridgehead atoms. The lowest BCUT2D eigenvalue weighted by Gasteiger charge is -2.14. The molecule has 0 unspecified atom stereocenters. The van der Waals surface area contributed by atoms with E-state index in [9.17, 15) is 4.79 Å². The predicted octanol–water partition coefficient (Wildman–Crippen LogP) is 6.58. The first-order valence-corrected chi connectivity index (χ1v) is 10.3. The van der Waals surface area contributed by atoms with Gasteiger partial charge in [-0.25, -0.2) is 4.98 Å². The van der Waals surface area contributed by atoms with Crippen LogP contribution >= 0.6 is 23.2 Å². The van der Waals surface area contributed by atoms with Gasteiger partial charge >= 0.3 is 0 Å². The van der Waals surface area contributed by atoms with E-state index in [2.05, 4.69) is 10.3 Å². The number of nitrogens with zero attached hydrogens (tertiary/aromatic N) is 1. The Kier molecular flexibility index (Phi) is 6.35. The van der Waals surface area contributed by atoms with Crippen molar-refractivity contribution in [1.82, 2.24) is 4.98 Å². The summed E-state index contributed by atoms with van der Waals surface area (Å²) in [5.41, 5.74) is 2.17. The number of nitrogens with one attached hydrogen (secondary N) is 1. The zero-order valence-electron chi connectivity index (χ0n) is 17.2. The molecule has 0 spiro atoms. The molecule has 4 rings (SSSR count). The molecule has 8 heteroatoms. The largest absolute Gasteiger partial charge is 0.495 e. The number of rotatable bonds is 6. The average Bonchev–Trinajstić information content (AvgIpc) is 3.30. The summed E-state index contributed by atoms with van der Waals surface area (Å²) in [5, 5.41) is 3.85. The van der Waals surface area contributed by atoms with E-state index in [-0.39, 0.29) is 5.91 Å². The maximum Gasteiger partial charge on any atom is 0.256 e. The second-order valence-electron chi connectivity index (χ2n) is 6.72. The quantitative estimate of drug-likeness (QED) is 0.345. The van der Waals surface area contributed by atoms with Crippen molar-refractivity contribution in [3.63, 3.8) is 0 Å². The Balaban J connectivity index is 1.66. The van der Waals surface area contributed by atoms with Crippen molar-refractivity contribution in [3.05, 3.63) is 82.5 Å². The summed E-state index contributed by atoms with van der Waals surface area (Å²) >= 11 is 12.1. The second-order valence-corrected chi connectivity index (χ2v) is 7.57. The fourth-order valence-corrected chi connectivity index (χ4v) is 3.52. The van der Waals surface area contributed by atoms with Gasteiger partial charge in [0.05, 0.1) is 36.7 Å². The zero-order valence-corrected chi connectivity index (χ0v) is 18.7. The fourth-order valence-electron chi connectivity index (χ4n) is 3.16. The number of hydrogen-bond donors (Lipinski definition) is 1. The van der Waals surface area contributed by atoms with Crippen molar-refractivity contribution in [2.45, 2.75) is 0 Å². The third-order valence-corrected chi connectivity index (χ3v) is 5.31. The van der Waals surface area contributed by atoms with Gasteiger partial charge in [0.15, 0.2) is 5.76 Å².